The fourth-order valence-electron chi connectivity index (χ4n) is 6.21. The molecule has 8 rings (SSSR count). The molecule has 1 heterocycles. The molecule has 0 aliphatic heterocycles. The molecule has 0 radical (unpaired) electrons. The maximum Gasteiger partial charge on any atom is 0.340 e. The smallest absolute Gasteiger partial charge is 0.268 e. The van der Waals surface area contributed by atoms with Crippen LogP contribution < -0.4 is 11.2 Å². The Hall–Kier alpha value is -5.74. The summed E-state index contributed by atoms with van der Waals surface area (Å²) in [5.41, 5.74) is 2.99. The van der Waals surface area contributed by atoms with E-state index in [-0.39, 0.29) is 5.56 Å². The van der Waals surface area contributed by atoms with E-state index in [0.717, 1.165) is 16.5 Å². The Bertz CT molecular complexity index is 2400. The molecule has 0 saturated heterocycles. The summed E-state index contributed by atoms with van der Waals surface area (Å²) in [6.45, 7) is 0. The average Bonchev–Trinajstić information content (AvgIpc) is 3.06. The highest BCUT2D eigenvalue weighted by molar-refractivity contribution is 6.25. The van der Waals surface area contributed by atoms with Gasteiger partial charge in [0, 0.05) is 0 Å². The quantitative estimate of drug-likeness (QED) is 0.212. The second-order valence-electron chi connectivity index (χ2n) is 10.5. The predicted octanol–water partition coefficient (Wildman–Crippen LogP) is 8.27. The molecular weight excluding hydrogens is 516 g/mol. The van der Waals surface area contributed by atoms with E-state index in [1.54, 1.807) is 16.7 Å². The van der Waals surface area contributed by atoms with E-state index in [2.05, 4.69) is 66.7 Å². The minimum Gasteiger partial charge on any atom is -0.268 e. The number of hydrogen-bond donors (Lipinski definition) is 0. The van der Waals surface area contributed by atoms with Crippen molar-refractivity contribution in [3.8, 4) is 22.5 Å². The Morgan fingerprint density at radius 3 is 1.36 bits per heavy atom. The summed E-state index contributed by atoms with van der Waals surface area (Å²) in [4.78, 5) is 27.9. The van der Waals surface area contributed by atoms with E-state index in [4.69, 9.17) is 0 Å². The highest BCUT2D eigenvalue weighted by Crippen LogP contribution is 2.37. The van der Waals surface area contributed by atoms with Gasteiger partial charge in [0.05, 0.1) is 22.3 Å². The summed E-state index contributed by atoms with van der Waals surface area (Å²) in [6, 6.07) is 47.9. The third-order valence-corrected chi connectivity index (χ3v) is 8.16. The predicted molar refractivity (Wildman–Crippen MR) is 173 cm³/mol. The lowest BCUT2D eigenvalue weighted by atomic mass is 9.92. The van der Waals surface area contributed by atoms with E-state index in [1.807, 2.05) is 66.7 Å². The third-order valence-electron chi connectivity index (χ3n) is 8.16. The van der Waals surface area contributed by atoms with Gasteiger partial charge < -0.3 is 0 Å². The zero-order valence-electron chi connectivity index (χ0n) is 22.6. The molecule has 198 valence electrons. The van der Waals surface area contributed by atoms with E-state index >= 15 is 0 Å². The Morgan fingerprint density at radius 1 is 0.357 bits per heavy atom. The van der Waals surface area contributed by atoms with Gasteiger partial charge in [-0.05, 0) is 85.9 Å². The topological polar surface area (TPSA) is 44.0 Å². The highest BCUT2D eigenvalue weighted by atomic mass is 16.2. The fraction of sp³-hybridized carbons (Fsp3) is 0. The molecule has 0 amide bonds. The van der Waals surface area contributed by atoms with Crippen LogP contribution >= 0.6 is 0 Å². The van der Waals surface area contributed by atoms with Crippen molar-refractivity contribution >= 4 is 43.2 Å². The van der Waals surface area contributed by atoms with Gasteiger partial charge in [0.15, 0.2) is 0 Å². The van der Waals surface area contributed by atoms with Crippen molar-refractivity contribution in [2.24, 2.45) is 0 Å². The summed E-state index contributed by atoms with van der Waals surface area (Å²) in [6.07, 6.45) is 0. The standard InChI is InChI=1S/C38H24N2O2/c41-37-35-24-26(25-19-21-33-31-17-8-7-15-29(31)30-16-9-10-18-32(30)34(33)23-25)20-22-36(35)39(27-11-3-1-4-12-27)38(42)40(37)28-13-5-2-6-14-28/h1-24H. The molecular formula is C38H24N2O2. The fourth-order valence-corrected chi connectivity index (χ4v) is 6.21. The Morgan fingerprint density at radius 2 is 0.786 bits per heavy atom. The number of aromatic nitrogens is 2. The largest absolute Gasteiger partial charge is 0.340 e. The van der Waals surface area contributed by atoms with Crippen LogP contribution in [0.2, 0.25) is 0 Å². The summed E-state index contributed by atoms with van der Waals surface area (Å²) < 4.78 is 2.88. The molecule has 4 heteroatoms. The van der Waals surface area contributed by atoms with E-state index < -0.39 is 5.69 Å². The van der Waals surface area contributed by atoms with Gasteiger partial charge in [0.25, 0.3) is 5.56 Å². The van der Waals surface area contributed by atoms with E-state index in [1.165, 1.54) is 31.5 Å². The van der Waals surface area contributed by atoms with Crippen LogP contribution in [0.4, 0.5) is 0 Å². The second-order valence-corrected chi connectivity index (χ2v) is 10.5. The number of nitrogens with zero attached hydrogens (tertiary/aromatic N) is 2. The molecule has 42 heavy (non-hydrogen) atoms. The molecule has 1 aromatic heterocycles. The number of rotatable bonds is 3. The van der Waals surface area contributed by atoms with E-state index in [9.17, 15) is 9.59 Å². The van der Waals surface area contributed by atoms with Crippen molar-refractivity contribution in [2.75, 3.05) is 0 Å². The van der Waals surface area contributed by atoms with Crippen molar-refractivity contribution in [3.05, 3.63) is 166 Å². The van der Waals surface area contributed by atoms with Crippen LogP contribution in [-0.4, -0.2) is 9.13 Å². The average molecular weight is 541 g/mol. The van der Waals surface area contributed by atoms with Crippen molar-refractivity contribution in [1.29, 1.82) is 0 Å². The van der Waals surface area contributed by atoms with Gasteiger partial charge in [-0.25, -0.2) is 9.36 Å². The first-order valence-corrected chi connectivity index (χ1v) is 14.0. The molecule has 0 saturated carbocycles. The SMILES string of the molecule is O=c1c2cc(-c3ccc4c5ccccc5c5ccccc5c4c3)ccc2n(-c2ccccc2)c(=O)n1-c1ccccc1. The van der Waals surface area contributed by atoms with Crippen LogP contribution in [-0.2, 0) is 0 Å². The number of hydrogen-bond acceptors (Lipinski definition) is 2. The lowest BCUT2D eigenvalue weighted by Gasteiger charge is -2.16. The summed E-state index contributed by atoms with van der Waals surface area (Å²) in [5, 5.41) is 7.69. The Kier molecular flexibility index (Phi) is 5.41. The van der Waals surface area contributed by atoms with E-state index in [0.29, 0.717) is 22.3 Å². The van der Waals surface area contributed by atoms with Crippen molar-refractivity contribution in [1.82, 2.24) is 9.13 Å². The number of fused-ring (bicyclic) bond motifs is 7. The molecule has 0 fully saturated rings. The van der Waals surface area contributed by atoms with Gasteiger partial charge in [-0.3, -0.25) is 9.36 Å². The van der Waals surface area contributed by atoms with Gasteiger partial charge in [-0.1, -0.05) is 103 Å². The van der Waals surface area contributed by atoms with Crippen LogP contribution in [0.3, 0.4) is 0 Å². The Balaban J connectivity index is 1.42. The Labute approximate surface area is 241 Å². The molecule has 8 aromatic rings. The first-order valence-electron chi connectivity index (χ1n) is 14.0. The summed E-state index contributed by atoms with van der Waals surface area (Å²) in [5.74, 6) is 0. The van der Waals surface area contributed by atoms with Crippen LogP contribution in [0.5, 0.6) is 0 Å². The molecule has 0 atom stereocenters. The first-order chi connectivity index (χ1) is 20.7. The van der Waals surface area contributed by atoms with Gasteiger partial charge in [0.2, 0.25) is 0 Å². The van der Waals surface area contributed by atoms with Crippen LogP contribution in [0.15, 0.2) is 155 Å². The molecule has 0 aliphatic carbocycles. The molecule has 0 spiro atoms. The minimum atomic E-state index is -0.401. The first kappa shape index (κ1) is 24.1. The van der Waals surface area contributed by atoms with Gasteiger partial charge in [-0.15, -0.1) is 0 Å². The lowest BCUT2D eigenvalue weighted by molar-refractivity contribution is 0.835. The molecule has 4 nitrogen and oxygen atoms in total. The molecule has 0 bridgehead atoms. The summed E-state index contributed by atoms with van der Waals surface area (Å²) in [7, 11) is 0. The number of para-hydroxylation sites is 2. The maximum atomic E-state index is 14.0. The molecule has 0 aliphatic rings. The van der Waals surface area contributed by atoms with Crippen molar-refractivity contribution < 1.29 is 0 Å². The van der Waals surface area contributed by atoms with Crippen LogP contribution in [0.1, 0.15) is 0 Å². The van der Waals surface area contributed by atoms with Crippen molar-refractivity contribution in [2.45, 2.75) is 0 Å². The van der Waals surface area contributed by atoms with Gasteiger partial charge in [0.1, 0.15) is 0 Å². The maximum absolute atomic E-state index is 14.0. The lowest BCUT2D eigenvalue weighted by Crippen LogP contribution is -2.38. The molecule has 0 unspecified atom stereocenters. The second kappa shape index (κ2) is 9.43. The number of benzene rings is 7. The highest BCUT2D eigenvalue weighted by Gasteiger charge is 2.17. The van der Waals surface area contributed by atoms with Crippen LogP contribution in [0.25, 0.3) is 65.7 Å². The summed E-state index contributed by atoms with van der Waals surface area (Å²) >= 11 is 0. The minimum absolute atomic E-state index is 0.340. The normalized spacial score (nSPS) is 11.5. The van der Waals surface area contributed by atoms with Crippen LogP contribution in [0, 0.1) is 0 Å². The van der Waals surface area contributed by atoms with Gasteiger partial charge >= 0.3 is 5.69 Å². The monoisotopic (exact) mass is 540 g/mol. The molecule has 0 N–H and O–H groups in total. The van der Waals surface area contributed by atoms with Crippen molar-refractivity contribution in [3.63, 3.8) is 0 Å². The molecule has 7 aromatic carbocycles. The zero-order valence-corrected chi connectivity index (χ0v) is 22.6. The third kappa shape index (κ3) is 3.62. The zero-order chi connectivity index (χ0) is 28.2. The van der Waals surface area contributed by atoms with Gasteiger partial charge in [-0.2, -0.15) is 0 Å².